The van der Waals surface area contributed by atoms with E-state index in [4.69, 9.17) is 0 Å². The molecule has 0 saturated heterocycles. The summed E-state index contributed by atoms with van der Waals surface area (Å²) in [4.78, 5) is 0. The maximum Gasteiger partial charge on any atom is 2.00 e. The van der Waals surface area contributed by atoms with Gasteiger partial charge in [0, 0.05) is 0 Å². The Morgan fingerprint density at radius 3 is 2.58 bits per heavy atom. The van der Waals surface area contributed by atoms with Crippen LogP contribution in [0.2, 0.25) is 0 Å². The van der Waals surface area contributed by atoms with Crippen LogP contribution in [0, 0.1) is 0 Å². The van der Waals surface area contributed by atoms with Crippen LogP contribution in [0.1, 0.15) is 12.0 Å². The first kappa shape index (κ1) is 12.7. The molecule has 1 aliphatic carbocycles. The first-order valence-electron chi connectivity index (χ1n) is 6.37. The number of benzene rings is 2. The van der Waals surface area contributed by atoms with Crippen LogP contribution in [0.15, 0.2) is 66.8 Å². The van der Waals surface area contributed by atoms with Gasteiger partial charge in [0.1, 0.15) is 0 Å². The molecule has 0 radical (unpaired) electrons. The van der Waals surface area contributed by atoms with Crippen molar-refractivity contribution in [3.8, 4) is 0 Å². The minimum absolute atomic E-state index is 0. The molecule has 0 aromatic heterocycles. The number of hydrogen-bond donors (Lipinski definition) is 0. The molecule has 0 fully saturated rings. The molecule has 3 aromatic carbocycles. The summed E-state index contributed by atoms with van der Waals surface area (Å²) in [5.41, 5.74) is 2.81. The Morgan fingerprint density at radius 2 is 1.74 bits per heavy atom. The Balaban J connectivity index is 0.00000110. The van der Waals surface area contributed by atoms with E-state index in [0.717, 1.165) is 6.42 Å². The van der Waals surface area contributed by atoms with Crippen LogP contribution in [0.3, 0.4) is 0 Å². The van der Waals surface area contributed by atoms with E-state index < -0.39 is 0 Å². The molecule has 88 valence electrons. The first-order valence-corrected chi connectivity index (χ1v) is 6.37. The van der Waals surface area contributed by atoms with E-state index in [2.05, 4.69) is 66.8 Å². The minimum atomic E-state index is 0. The largest absolute Gasteiger partial charge is 2.00 e. The summed E-state index contributed by atoms with van der Waals surface area (Å²) < 4.78 is 0. The first-order chi connectivity index (χ1) is 8.93. The Hall–Kier alpha value is -1.33. The van der Waals surface area contributed by atoms with Gasteiger partial charge in [-0.1, -0.05) is 65.8 Å². The zero-order valence-electron chi connectivity index (χ0n) is 10.6. The molecular weight excluding hydrogens is 307 g/mol. The summed E-state index contributed by atoms with van der Waals surface area (Å²) in [7, 11) is 0. The topological polar surface area (TPSA) is 0 Å². The van der Waals surface area contributed by atoms with E-state index in [1.165, 1.54) is 32.7 Å². The predicted molar refractivity (Wildman–Crippen MR) is 78.8 cm³/mol. The third-order valence-corrected chi connectivity index (χ3v) is 3.77. The van der Waals surface area contributed by atoms with Crippen LogP contribution in [-0.2, 0) is 26.2 Å². The Morgan fingerprint density at radius 1 is 0.895 bits per heavy atom. The van der Waals surface area contributed by atoms with Crippen molar-refractivity contribution in [3.63, 3.8) is 0 Å². The zero-order chi connectivity index (χ0) is 11.9. The number of allylic oxidation sites excluding steroid dienone is 4. The standard InChI is InChI=1S/C18H13.Zr/c1-2-7-13(6-1)15-10-5-11-17-16-9-4-3-8-14(16)12-18(15)17;/h1-6,8-12H,7H2;/q-1;+2. The fraction of sp³-hybridized carbons (Fsp3) is 0.0556. The second kappa shape index (κ2) is 4.98. The summed E-state index contributed by atoms with van der Waals surface area (Å²) >= 11 is 0. The zero-order valence-corrected chi connectivity index (χ0v) is 13.0. The normalized spacial score (nSPS) is 13.8. The van der Waals surface area contributed by atoms with Gasteiger partial charge in [-0.05, 0) is 6.42 Å². The van der Waals surface area contributed by atoms with E-state index in [1.54, 1.807) is 0 Å². The molecule has 0 bridgehead atoms. The minimum Gasteiger partial charge on any atom is -0.126 e. The van der Waals surface area contributed by atoms with Crippen molar-refractivity contribution >= 4 is 27.1 Å². The van der Waals surface area contributed by atoms with Crippen molar-refractivity contribution in [2.45, 2.75) is 6.42 Å². The summed E-state index contributed by atoms with van der Waals surface area (Å²) in [6, 6.07) is 17.6. The summed E-state index contributed by atoms with van der Waals surface area (Å²) in [6.07, 6.45) is 7.65. The van der Waals surface area contributed by atoms with Crippen molar-refractivity contribution in [3.05, 3.63) is 72.3 Å². The molecule has 0 unspecified atom stereocenters. The van der Waals surface area contributed by atoms with E-state index in [0.29, 0.717) is 0 Å². The quantitative estimate of drug-likeness (QED) is 0.550. The molecule has 0 saturated carbocycles. The summed E-state index contributed by atoms with van der Waals surface area (Å²) in [6.45, 7) is 0. The second-order valence-corrected chi connectivity index (χ2v) is 4.82. The number of rotatable bonds is 1. The molecule has 0 aliphatic heterocycles. The van der Waals surface area contributed by atoms with Gasteiger partial charge in [0.25, 0.3) is 0 Å². The van der Waals surface area contributed by atoms with Crippen LogP contribution >= 0.6 is 0 Å². The SMILES string of the molecule is C1=CCC(c2cccc3c2[cH-]c2ccccc23)=C1.[Zr+2]. The van der Waals surface area contributed by atoms with Gasteiger partial charge in [0.2, 0.25) is 0 Å². The molecule has 0 heterocycles. The van der Waals surface area contributed by atoms with E-state index in [1.807, 2.05) is 0 Å². The van der Waals surface area contributed by atoms with E-state index in [-0.39, 0.29) is 26.2 Å². The molecular formula is C18H13Zr+. The van der Waals surface area contributed by atoms with Gasteiger partial charge in [-0.25, -0.2) is 0 Å². The molecule has 0 spiro atoms. The molecule has 0 atom stereocenters. The van der Waals surface area contributed by atoms with Gasteiger partial charge < -0.3 is 0 Å². The van der Waals surface area contributed by atoms with Gasteiger partial charge >= 0.3 is 26.2 Å². The third kappa shape index (κ3) is 1.97. The van der Waals surface area contributed by atoms with Gasteiger partial charge in [-0.3, -0.25) is 0 Å². The van der Waals surface area contributed by atoms with Gasteiger partial charge in [0.05, 0.1) is 0 Å². The van der Waals surface area contributed by atoms with E-state index in [9.17, 15) is 0 Å². The molecule has 3 aromatic rings. The van der Waals surface area contributed by atoms with Crippen molar-refractivity contribution in [2.75, 3.05) is 0 Å². The Labute approximate surface area is 131 Å². The maximum atomic E-state index is 2.32. The van der Waals surface area contributed by atoms with Crippen molar-refractivity contribution in [1.29, 1.82) is 0 Å². The monoisotopic (exact) mass is 319 g/mol. The molecule has 1 heteroatoms. The van der Waals surface area contributed by atoms with Gasteiger partial charge in [0.15, 0.2) is 0 Å². The smallest absolute Gasteiger partial charge is 0.126 e. The third-order valence-electron chi connectivity index (χ3n) is 3.77. The molecule has 0 nitrogen and oxygen atoms in total. The average molecular weight is 321 g/mol. The number of fused-ring (bicyclic) bond motifs is 3. The predicted octanol–water partition coefficient (Wildman–Crippen LogP) is 5.05. The average Bonchev–Trinajstić information content (AvgIpc) is 3.05. The molecule has 1 aliphatic rings. The second-order valence-electron chi connectivity index (χ2n) is 4.82. The molecule has 0 N–H and O–H groups in total. The fourth-order valence-electron chi connectivity index (χ4n) is 2.91. The number of hydrogen-bond acceptors (Lipinski definition) is 0. The van der Waals surface area contributed by atoms with Crippen LogP contribution in [0.4, 0.5) is 0 Å². The maximum absolute atomic E-state index is 2.32. The molecule has 0 amide bonds. The Kier molecular flexibility index (Phi) is 3.33. The van der Waals surface area contributed by atoms with Crippen molar-refractivity contribution in [1.82, 2.24) is 0 Å². The molecule has 19 heavy (non-hydrogen) atoms. The van der Waals surface area contributed by atoms with Crippen LogP contribution < -0.4 is 0 Å². The van der Waals surface area contributed by atoms with Crippen molar-refractivity contribution < 1.29 is 26.2 Å². The van der Waals surface area contributed by atoms with Crippen molar-refractivity contribution in [2.24, 2.45) is 0 Å². The van der Waals surface area contributed by atoms with Crippen LogP contribution in [0.25, 0.3) is 27.1 Å². The van der Waals surface area contributed by atoms with Gasteiger partial charge in [-0.15, -0.1) is 33.7 Å². The fourth-order valence-corrected chi connectivity index (χ4v) is 2.91. The molecule has 4 rings (SSSR count). The summed E-state index contributed by atoms with van der Waals surface area (Å²) in [5, 5.41) is 5.46. The van der Waals surface area contributed by atoms with Gasteiger partial charge in [-0.2, -0.15) is 0 Å². The Bertz CT molecular complexity index is 803. The van der Waals surface area contributed by atoms with Crippen LogP contribution in [0.5, 0.6) is 0 Å². The van der Waals surface area contributed by atoms with E-state index >= 15 is 0 Å². The van der Waals surface area contributed by atoms with Crippen LogP contribution in [-0.4, -0.2) is 0 Å². The summed E-state index contributed by atoms with van der Waals surface area (Å²) in [5.74, 6) is 0.